The number of anilines is 3. The van der Waals surface area contributed by atoms with Gasteiger partial charge in [-0.15, -0.1) is 0 Å². The van der Waals surface area contributed by atoms with Crippen molar-refractivity contribution in [2.24, 2.45) is 0 Å². The summed E-state index contributed by atoms with van der Waals surface area (Å²) < 4.78 is 27.0. The number of hydrogen-bond acceptors (Lipinski definition) is 3. The number of nitrogens with zero attached hydrogens (tertiary/aromatic N) is 2. The molecule has 0 bridgehead atoms. The SMILES string of the molecule is N#CCCN(c1ccccc1)c1cc(F)cc(F)c1N. The van der Waals surface area contributed by atoms with Crippen molar-refractivity contribution in [3.05, 3.63) is 54.1 Å². The van der Waals surface area contributed by atoms with Crippen LogP contribution < -0.4 is 10.6 Å². The van der Waals surface area contributed by atoms with E-state index in [-0.39, 0.29) is 17.8 Å². The molecular weight excluding hydrogens is 260 g/mol. The van der Waals surface area contributed by atoms with Gasteiger partial charge in [0.15, 0.2) is 5.82 Å². The summed E-state index contributed by atoms with van der Waals surface area (Å²) >= 11 is 0. The van der Waals surface area contributed by atoms with Crippen LogP contribution in [0.15, 0.2) is 42.5 Å². The minimum atomic E-state index is -0.808. The van der Waals surface area contributed by atoms with Gasteiger partial charge in [0.25, 0.3) is 0 Å². The first-order valence-corrected chi connectivity index (χ1v) is 6.07. The summed E-state index contributed by atoms with van der Waals surface area (Å²) in [6, 6.07) is 13.0. The van der Waals surface area contributed by atoms with E-state index in [0.29, 0.717) is 6.54 Å². The van der Waals surface area contributed by atoms with E-state index in [1.54, 1.807) is 29.2 Å². The molecule has 0 aliphatic carbocycles. The lowest BCUT2D eigenvalue weighted by atomic mass is 10.2. The van der Waals surface area contributed by atoms with Crippen molar-refractivity contribution in [2.45, 2.75) is 6.42 Å². The molecule has 0 aromatic heterocycles. The Hall–Kier alpha value is -2.61. The smallest absolute Gasteiger partial charge is 0.151 e. The lowest BCUT2D eigenvalue weighted by Gasteiger charge is -2.25. The van der Waals surface area contributed by atoms with E-state index in [4.69, 9.17) is 11.0 Å². The fraction of sp³-hybridized carbons (Fsp3) is 0.133. The van der Waals surface area contributed by atoms with Crippen LogP contribution in [0, 0.1) is 23.0 Å². The highest BCUT2D eigenvalue weighted by Crippen LogP contribution is 2.32. The van der Waals surface area contributed by atoms with Crippen molar-refractivity contribution in [3.63, 3.8) is 0 Å². The molecule has 2 rings (SSSR count). The summed E-state index contributed by atoms with van der Waals surface area (Å²) in [5, 5.41) is 8.73. The van der Waals surface area contributed by atoms with E-state index in [0.717, 1.165) is 11.8 Å². The molecule has 0 saturated carbocycles. The normalized spacial score (nSPS) is 10.1. The van der Waals surface area contributed by atoms with Crippen molar-refractivity contribution < 1.29 is 8.78 Å². The molecule has 0 heterocycles. The zero-order valence-corrected chi connectivity index (χ0v) is 10.7. The summed E-state index contributed by atoms with van der Waals surface area (Å²) in [6.07, 6.45) is 0.215. The monoisotopic (exact) mass is 273 g/mol. The predicted octanol–water partition coefficient (Wildman–Crippen LogP) is 3.60. The second kappa shape index (κ2) is 6.02. The standard InChI is InChI=1S/C15H13F2N3/c16-11-9-13(17)15(19)14(10-11)20(8-4-7-18)12-5-2-1-3-6-12/h1-3,5-6,9-10H,4,8,19H2. The highest BCUT2D eigenvalue weighted by atomic mass is 19.1. The Morgan fingerprint density at radius 3 is 2.50 bits per heavy atom. The van der Waals surface area contributed by atoms with Crippen molar-refractivity contribution in [2.75, 3.05) is 17.2 Å². The molecule has 0 aliphatic rings. The molecule has 2 aromatic rings. The summed E-state index contributed by atoms with van der Waals surface area (Å²) in [6.45, 7) is 0.299. The molecule has 0 saturated heterocycles. The van der Waals surface area contributed by atoms with E-state index in [1.807, 2.05) is 12.1 Å². The predicted molar refractivity (Wildman–Crippen MR) is 74.4 cm³/mol. The second-order valence-corrected chi connectivity index (χ2v) is 4.22. The zero-order chi connectivity index (χ0) is 14.5. The van der Waals surface area contributed by atoms with E-state index in [1.165, 1.54) is 6.07 Å². The molecule has 0 radical (unpaired) electrons. The minimum Gasteiger partial charge on any atom is -0.395 e. The average molecular weight is 273 g/mol. The molecule has 3 nitrogen and oxygen atoms in total. The Morgan fingerprint density at radius 1 is 1.15 bits per heavy atom. The maximum atomic E-state index is 13.6. The lowest BCUT2D eigenvalue weighted by Crippen LogP contribution is -2.20. The van der Waals surface area contributed by atoms with Crippen LogP contribution in [0.2, 0.25) is 0 Å². The third-order valence-electron chi connectivity index (χ3n) is 2.88. The number of rotatable bonds is 4. The molecule has 2 aromatic carbocycles. The molecule has 5 heteroatoms. The van der Waals surface area contributed by atoms with Gasteiger partial charge >= 0.3 is 0 Å². The number of halogens is 2. The molecule has 0 atom stereocenters. The van der Waals surface area contributed by atoms with E-state index < -0.39 is 11.6 Å². The van der Waals surface area contributed by atoms with Gasteiger partial charge in [-0.25, -0.2) is 8.78 Å². The Bertz CT molecular complexity index is 636. The first-order chi connectivity index (χ1) is 9.63. The Kier molecular flexibility index (Phi) is 4.16. The molecule has 102 valence electrons. The third kappa shape index (κ3) is 2.86. The van der Waals surface area contributed by atoms with Gasteiger partial charge in [-0.05, 0) is 18.2 Å². The highest BCUT2D eigenvalue weighted by molar-refractivity contribution is 5.75. The maximum absolute atomic E-state index is 13.6. The van der Waals surface area contributed by atoms with Gasteiger partial charge in [-0.2, -0.15) is 5.26 Å². The van der Waals surface area contributed by atoms with Gasteiger partial charge in [0, 0.05) is 18.3 Å². The minimum absolute atomic E-state index is 0.131. The van der Waals surface area contributed by atoms with Crippen LogP contribution in [0.5, 0.6) is 0 Å². The quantitative estimate of drug-likeness (QED) is 0.866. The Morgan fingerprint density at radius 2 is 1.85 bits per heavy atom. The maximum Gasteiger partial charge on any atom is 0.151 e. The number of nitriles is 1. The van der Waals surface area contributed by atoms with Gasteiger partial charge in [0.1, 0.15) is 5.82 Å². The van der Waals surface area contributed by atoms with Crippen molar-refractivity contribution in [1.29, 1.82) is 5.26 Å². The second-order valence-electron chi connectivity index (χ2n) is 4.22. The van der Waals surface area contributed by atoms with Crippen molar-refractivity contribution >= 4 is 17.1 Å². The van der Waals surface area contributed by atoms with Gasteiger partial charge in [0.2, 0.25) is 0 Å². The topological polar surface area (TPSA) is 53.0 Å². The number of para-hydroxylation sites is 1. The fourth-order valence-electron chi connectivity index (χ4n) is 1.95. The van der Waals surface area contributed by atoms with Crippen LogP contribution in [-0.4, -0.2) is 6.54 Å². The van der Waals surface area contributed by atoms with Gasteiger partial charge in [0.05, 0.1) is 23.9 Å². The number of nitrogen functional groups attached to an aromatic ring is 1. The van der Waals surface area contributed by atoms with Crippen LogP contribution in [0.1, 0.15) is 6.42 Å². The van der Waals surface area contributed by atoms with Crippen LogP contribution in [0.3, 0.4) is 0 Å². The Labute approximate surface area is 115 Å². The Balaban J connectivity index is 2.50. The molecule has 0 fully saturated rings. The summed E-state index contributed by atoms with van der Waals surface area (Å²) in [4.78, 5) is 1.63. The van der Waals surface area contributed by atoms with Crippen LogP contribution in [-0.2, 0) is 0 Å². The lowest BCUT2D eigenvalue weighted by molar-refractivity contribution is 0.586. The summed E-state index contributed by atoms with van der Waals surface area (Å²) in [5.74, 6) is -1.51. The molecule has 0 unspecified atom stereocenters. The van der Waals surface area contributed by atoms with Crippen molar-refractivity contribution in [3.8, 4) is 6.07 Å². The zero-order valence-electron chi connectivity index (χ0n) is 10.7. The van der Waals surface area contributed by atoms with Crippen LogP contribution in [0.25, 0.3) is 0 Å². The third-order valence-corrected chi connectivity index (χ3v) is 2.88. The molecule has 0 aliphatic heterocycles. The van der Waals surface area contributed by atoms with E-state index in [2.05, 4.69) is 0 Å². The fourth-order valence-corrected chi connectivity index (χ4v) is 1.95. The average Bonchev–Trinajstić information content (AvgIpc) is 2.45. The summed E-state index contributed by atoms with van der Waals surface area (Å²) in [7, 11) is 0. The first kappa shape index (κ1) is 13.8. The number of nitrogens with two attached hydrogens (primary N) is 1. The molecule has 2 N–H and O–H groups in total. The van der Waals surface area contributed by atoms with Crippen molar-refractivity contribution in [1.82, 2.24) is 0 Å². The molecule has 0 spiro atoms. The van der Waals surface area contributed by atoms with E-state index >= 15 is 0 Å². The largest absolute Gasteiger partial charge is 0.395 e. The van der Waals surface area contributed by atoms with E-state index in [9.17, 15) is 8.78 Å². The first-order valence-electron chi connectivity index (χ1n) is 6.07. The number of benzene rings is 2. The molecule has 0 amide bonds. The number of hydrogen-bond donors (Lipinski definition) is 1. The highest BCUT2D eigenvalue weighted by Gasteiger charge is 2.16. The van der Waals surface area contributed by atoms with Gasteiger partial charge in [-0.3, -0.25) is 0 Å². The van der Waals surface area contributed by atoms with Crippen LogP contribution >= 0.6 is 0 Å². The van der Waals surface area contributed by atoms with Gasteiger partial charge < -0.3 is 10.6 Å². The van der Waals surface area contributed by atoms with Crippen LogP contribution in [0.4, 0.5) is 25.8 Å². The molecule has 20 heavy (non-hydrogen) atoms. The summed E-state index contributed by atoms with van der Waals surface area (Å²) in [5.41, 5.74) is 6.51. The molecular formula is C15H13F2N3. The van der Waals surface area contributed by atoms with Gasteiger partial charge in [-0.1, -0.05) is 18.2 Å².